The number of fused-ring (bicyclic) bond motifs is 1. The Hall–Kier alpha value is -2.27. The minimum atomic E-state index is 0.575. The van der Waals surface area contributed by atoms with Crippen LogP contribution in [0.5, 0.6) is 5.75 Å². The van der Waals surface area contributed by atoms with Crippen LogP contribution in [0.25, 0.3) is 0 Å². The summed E-state index contributed by atoms with van der Waals surface area (Å²) in [5, 5.41) is 0.607. The van der Waals surface area contributed by atoms with Gasteiger partial charge in [0.2, 0.25) is 5.95 Å². The summed E-state index contributed by atoms with van der Waals surface area (Å²) in [5.41, 5.74) is 3.34. The van der Waals surface area contributed by atoms with Crippen LogP contribution in [-0.4, -0.2) is 36.7 Å². The highest BCUT2D eigenvalue weighted by Crippen LogP contribution is 2.36. The molecule has 1 heterocycles. The Morgan fingerprint density at radius 3 is 2.55 bits per heavy atom. The number of methoxy groups -OCH3 is 1. The maximum Gasteiger partial charge on any atom is 0.232 e. The summed E-state index contributed by atoms with van der Waals surface area (Å²) in [6, 6.07) is 5.69. The number of aromatic nitrogens is 2. The van der Waals surface area contributed by atoms with E-state index in [4.69, 9.17) is 26.3 Å². The summed E-state index contributed by atoms with van der Waals surface area (Å²) in [7, 11) is 1.64. The molecule has 0 N–H and O–H groups in total. The van der Waals surface area contributed by atoms with Crippen molar-refractivity contribution >= 4 is 29.1 Å². The van der Waals surface area contributed by atoms with Gasteiger partial charge >= 0.3 is 0 Å². The SMILES string of the molecule is C=CCN(c1nc2c(c(N(CCC)CCC)n1)CCC2)c1ccc(OC)cc1Cl. The summed E-state index contributed by atoms with van der Waals surface area (Å²) in [4.78, 5) is 14.5. The second-order valence-electron chi connectivity index (χ2n) is 7.33. The highest BCUT2D eigenvalue weighted by Gasteiger charge is 2.25. The maximum absolute atomic E-state index is 6.59. The van der Waals surface area contributed by atoms with E-state index in [1.807, 2.05) is 29.2 Å². The van der Waals surface area contributed by atoms with Gasteiger partial charge in [0.25, 0.3) is 0 Å². The smallest absolute Gasteiger partial charge is 0.232 e. The molecule has 29 heavy (non-hydrogen) atoms. The Labute approximate surface area is 179 Å². The normalized spacial score (nSPS) is 12.6. The summed E-state index contributed by atoms with van der Waals surface area (Å²) in [5.74, 6) is 2.50. The molecule has 0 aliphatic heterocycles. The van der Waals surface area contributed by atoms with Crippen LogP contribution in [0.2, 0.25) is 5.02 Å². The Balaban J connectivity index is 2.09. The van der Waals surface area contributed by atoms with Crippen molar-refractivity contribution in [3.8, 4) is 5.75 Å². The van der Waals surface area contributed by atoms with Crippen molar-refractivity contribution in [3.05, 3.63) is 47.1 Å². The topological polar surface area (TPSA) is 41.5 Å². The van der Waals surface area contributed by atoms with E-state index in [1.54, 1.807) is 7.11 Å². The molecule has 0 radical (unpaired) electrons. The van der Waals surface area contributed by atoms with E-state index in [-0.39, 0.29) is 0 Å². The molecule has 0 saturated heterocycles. The fourth-order valence-electron chi connectivity index (χ4n) is 3.90. The van der Waals surface area contributed by atoms with Crippen LogP contribution < -0.4 is 14.5 Å². The zero-order chi connectivity index (χ0) is 20.8. The molecule has 0 unspecified atom stereocenters. The van der Waals surface area contributed by atoms with E-state index in [0.29, 0.717) is 17.5 Å². The van der Waals surface area contributed by atoms with Crippen LogP contribution in [-0.2, 0) is 12.8 Å². The minimum Gasteiger partial charge on any atom is -0.497 e. The Kier molecular flexibility index (Phi) is 7.37. The number of rotatable bonds is 10. The average Bonchev–Trinajstić information content (AvgIpc) is 3.20. The van der Waals surface area contributed by atoms with Crippen molar-refractivity contribution in [2.75, 3.05) is 36.5 Å². The first kappa shape index (κ1) is 21.4. The molecule has 1 aromatic heterocycles. The van der Waals surface area contributed by atoms with Crippen molar-refractivity contribution in [1.29, 1.82) is 0 Å². The number of nitrogens with zero attached hydrogens (tertiary/aromatic N) is 4. The summed E-state index contributed by atoms with van der Waals surface area (Å²) >= 11 is 6.59. The minimum absolute atomic E-state index is 0.575. The molecule has 0 fully saturated rings. The lowest BCUT2D eigenvalue weighted by Gasteiger charge is -2.28. The zero-order valence-corrected chi connectivity index (χ0v) is 18.5. The summed E-state index contributed by atoms with van der Waals surface area (Å²) in [6.07, 6.45) is 7.23. The van der Waals surface area contributed by atoms with Gasteiger partial charge in [-0.1, -0.05) is 31.5 Å². The van der Waals surface area contributed by atoms with Crippen LogP contribution in [0.15, 0.2) is 30.9 Å². The molecular weight excluding hydrogens is 384 g/mol. The van der Waals surface area contributed by atoms with Gasteiger partial charge in [0, 0.05) is 31.3 Å². The summed E-state index contributed by atoms with van der Waals surface area (Å²) < 4.78 is 5.30. The first-order chi connectivity index (χ1) is 14.1. The standard InChI is InChI=1S/C23H31ClN4O/c1-5-13-27(14-6-2)22-18-9-8-10-20(18)25-23(26-22)28(15-7-3)21-12-11-17(29-4)16-19(21)24/h7,11-12,16H,3,5-6,8-10,13-15H2,1-2,4H3. The Bertz CT molecular complexity index is 849. The third-order valence-electron chi connectivity index (χ3n) is 5.18. The van der Waals surface area contributed by atoms with Crippen molar-refractivity contribution in [2.24, 2.45) is 0 Å². The quantitative estimate of drug-likeness (QED) is 0.475. The van der Waals surface area contributed by atoms with Crippen molar-refractivity contribution in [3.63, 3.8) is 0 Å². The van der Waals surface area contributed by atoms with Gasteiger partial charge in [-0.2, -0.15) is 4.98 Å². The van der Waals surface area contributed by atoms with Crippen molar-refractivity contribution < 1.29 is 4.74 Å². The van der Waals surface area contributed by atoms with Crippen LogP contribution >= 0.6 is 11.6 Å². The fraction of sp³-hybridized carbons (Fsp3) is 0.478. The highest BCUT2D eigenvalue weighted by atomic mass is 35.5. The molecule has 0 bridgehead atoms. The van der Waals surface area contributed by atoms with Gasteiger partial charge in [-0.15, -0.1) is 6.58 Å². The number of benzene rings is 1. The van der Waals surface area contributed by atoms with Crippen molar-refractivity contribution in [1.82, 2.24) is 9.97 Å². The van der Waals surface area contributed by atoms with Crippen LogP contribution in [0.4, 0.5) is 17.5 Å². The molecule has 3 rings (SSSR count). The lowest BCUT2D eigenvalue weighted by atomic mass is 10.2. The lowest BCUT2D eigenvalue weighted by Crippen LogP contribution is -2.29. The largest absolute Gasteiger partial charge is 0.497 e. The van der Waals surface area contributed by atoms with Crippen LogP contribution in [0.1, 0.15) is 44.4 Å². The molecule has 0 atom stereocenters. The third-order valence-corrected chi connectivity index (χ3v) is 5.49. The molecular formula is C23H31ClN4O. The predicted molar refractivity (Wildman–Crippen MR) is 122 cm³/mol. The lowest BCUT2D eigenvalue weighted by molar-refractivity contribution is 0.415. The van der Waals surface area contributed by atoms with E-state index >= 15 is 0 Å². The number of aryl methyl sites for hydroxylation is 1. The number of hydrogen-bond donors (Lipinski definition) is 0. The molecule has 1 aliphatic carbocycles. The van der Waals surface area contributed by atoms with Crippen LogP contribution in [0.3, 0.4) is 0 Å². The highest BCUT2D eigenvalue weighted by molar-refractivity contribution is 6.33. The Morgan fingerprint density at radius 1 is 1.17 bits per heavy atom. The number of anilines is 3. The number of ether oxygens (including phenoxy) is 1. The van der Waals surface area contributed by atoms with E-state index in [2.05, 4.69) is 25.3 Å². The van der Waals surface area contributed by atoms with E-state index in [1.165, 1.54) is 11.3 Å². The molecule has 156 valence electrons. The van der Waals surface area contributed by atoms with E-state index in [0.717, 1.165) is 62.4 Å². The van der Waals surface area contributed by atoms with E-state index in [9.17, 15) is 0 Å². The van der Waals surface area contributed by atoms with Crippen LogP contribution in [0, 0.1) is 0 Å². The van der Waals surface area contributed by atoms with Gasteiger partial charge in [-0.25, -0.2) is 4.98 Å². The first-order valence-corrected chi connectivity index (χ1v) is 10.9. The number of hydrogen-bond acceptors (Lipinski definition) is 5. The molecule has 0 amide bonds. The molecule has 2 aromatic rings. The molecule has 6 heteroatoms. The molecule has 5 nitrogen and oxygen atoms in total. The van der Waals surface area contributed by atoms with Crippen molar-refractivity contribution in [2.45, 2.75) is 46.0 Å². The predicted octanol–water partition coefficient (Wildman–Crippen LogP) is 5.58. The molecule has 0 saturated carbocycles. The van der Waals surface area contributed by atoms with Gasteiger partial charge < -0.3 is 14.5 Å². The zero-order valence-electron chi connectivity index (χ0n) is 17.7. The average molecular weight is 415 g/mol. The van der Waals surface area contributed by atoms with Gasteiger partial charge in [0.1, 0.15) is 11.6 Å². The van der Waals surface area contributed by atoms with Gasteiger partial charge in [-0.05, 0) is 44.2 Å². The molecule has 0 spiro atoms. The maximum atomic E-state index is 6.59. The van der Waals surface area contributed by atoms with Gasteiger partial charge in [0.05, 0.1) is 23.5 Å². The fourth-order valence-corrected chi connectivity index (χ4v) is 4.17. The Morgan fingerprint density at radius 2 is 1.93 bits per heavy atom. The molecule has 1 aliphatic rings. The second-order valence-corrected chi connectivity index (χ2v) is 7.74. The third kappa shape index (κ3) is 4.67. The van der Waals surface area contributed by atoms with Gasteiger partial charge in [-0.3, -0.25) is 0 Å². The number of halogens is 1. The second kappa shape index (κ2) is 9.97. The molecule has 1 aromatic carbocycles. The monoisotopic (exact) mass is 414 g/mol. The van der Waals surface area contributed by atoms with Gasteiger partial charge in [0.15, 0.2) is 0 Å². The van der Waals surface area contributed by atoms with E-state index < -0.39 is 0 Å². The first-order valence-electron chi connectivity index (χ1n) is 10.5. The summed E-state index contributed by atoms with van der Waals surface area (Å²) in [6.45, 7) is 10.9.